The average molecular weight is 188 g/mol. The normalized spacial score (nSPS) is 40.3. The maximum absolute atomic E-state index is 2.53. The molecule has 1 saturated carbocycles. The quantitative estimate of drug-likeness (QED) is 0.573. The Hall–Kier alpha value is -0.520. The lowest BCUT2D eigenvalue weighted by molar-refractivity contribution is 0.433. The Morgan fingerprint density at radius 3 is 2.79 bits per heavy atom. The summed E-state index contributed by atoms with van der Waals surface area (Å²) in [5.41, 5.74) is 1.78. The molecule has 14 heavy (non-hydrogen) atoms. The van der Waals surface area contributed by atoms with Crippen LogP contribution in [0.5, 0.6) is 0 Å². The van der Waals surface area contributed by atoms with Crippen LogP contribution < -0.4 is 0 Å². The molecule has 0 amide bonds. The first kappa shape index (κ1) is 8.76. The van der Waals surface area contributed by atoms with Crippen LogP contribution in [0.4, 0.5) is 0 Å². The van der Waals surface area contributed by atoms with Crippen molar-refractivity contribution in [1.82, 2.24) is 0 Å². The minimum absolute atomic E-state index is 0.947. The van der Waals surface area contributed by atoms with Gasteiger partial charge >= 0.3 is 0 Å². The summed E-state index contributed by atoms with van der Waals surface area (Å²) in [6.07, 6.45) is 17.5. The van der Waals surface area contributed by atoms with Gasteiger partial charge < -0.3 is 0 Å². The SMILES string of the molecule is C1=CC2CC1CC2CC1=CCCCC1. The van der Waals surface area contributed by atoms with Crippen LogP contribution in [0, 0.1) is 17.8 Å². The Bertz CT molecular complexity index is 272. The van der Waals surface area contributed by atoms with Crippen LogP contribution in [0.1, 0.15) is 44.9 Å². The molecule has 0 radical (unpaired) electrons. The molecule has 3 rings (SSSR count). The van der Waals surface area contributed by atoms with Crippen LogP contribution >= 0.6 is 0 Å². The molecular formula is C14H20. The third-order valence-electron chi connectivity index (χ3n) is 4.33. The van der Waals surface area contributed by atoms with Gasteiger partial charge in [-0.3, -0.25) is 0 Å². The van der Waals surface area contributed by atoms with Gasteiger partial charge in [-0.25, -0.2) is 0 Å². The van der Waals surface area contributed by atoms with Gasteiger partial charge in [-0.05, 0) is 62.7 Å². The second-order valence-electron chi connectivity index (χ2n) is 5.35. The number of rotatable bonds is 2. The topological polar surface area (TPSA) is 0 Å². The van der Waals surface area contributed by atoms with Gasteiger partial charge in [-0.1, -0.05) is 23.8 Å². The minimum Gasteiger partial charge on any atom is -0.0853 e. The zero-order chi connectivity index (χ0) is 9.38. The Labute approximate surface area is 87.1 Å². The van der Waals surface area contributed by atoms with E-state index in [9.17, 15) is 0 Å². The first-order valence-electron chi connectivity index (χ1n) is 6.28. The summed E-state index contributed by atoms with van der Waals surface area (Å²) < 4.78 is 0. The van der Waals surface area contributed by atoms with Gasteiger partial charge in [0.1, 0.15) is 0 Å². The lowest BCUT2D eigenvalue weighted by Gasteiger charge is -2.21. The van der Waals surface area contributed by atoms with E-state index in [1.165, 1.54) is 44.9 Å². The monoisotopic (exact) mass is 188 g/mol. The maximum atomic E-state index is 2.53. The molecule has 0 aromatic carbocycles. The van der Waals surface area contributed by atoms with Gasteiger partial charge in [0.05, 0.1) is 0 Å². The van der Waals surface area contributed by atoms with Crippen LogP contribution in [-0.2, 0) is 0 Å². The number of allylic oxidation sites excluding steroid dienone is 4. The molecule has 3 atom stereocenters. The van der Waals surface area contributed by atoms with Crippen molar-refractivity contribution in [2.45, 2.75) is 44.9 Å². The second kappa shape index (κ2) is 3.56. The lowest BCUT2D eigenvalue weighted by atomic mass is 9.84. The van der Waals surface area contributed by atoms with Crippen LogP contribution in [0.25, 0.3) is 0 Å². The van der Waals surface area contributed by atoms with E-state index in [-0.39, 0.29) is 0 Å². The van der Waals surface area contributed by atoms with Crippen molar-refractivity contribution in [2.75, 3.05) is 0 Å². The molecule has 0 heteroatoms. The zero-order valence-corrected chi connectivity index (χ0v) is 8.91. The molecule has 3 aliphatic carbocycles. The first-order chi connectivity index (χ1) is 6.92. The van der Waals surface area contributed by atoms with Gasteiger partial charge in [0.2, 0.25) is 0 Å². The average Bonchev–Trinajstić information content (AvgIpc) is 2.81. The Morgan fingerprint density at radius 2 is 2.14 bits per heavy atom. The highest BCUT2D eigenvalue weighted by molar-refractivity contribution is 5.14. The van der Waals surface area contributed by atoms with Crippen molar-refractivity contribution >= 4 is 0 Å². The molecule has 76 valence electrons. The van der Waals surface area contributed by atoms with E-state index in [0.717, 1.165) is 17.8 Å². The van der Waals surface area contributed by atoms with Crippen molar-refractivity contribution in [3.8, 4) is 0 Å². The van der Waals surface area contributed by atoms with E-state index in [4.69, 9.17) is 0 Å². The molecule has 0 spiro atoms. The number of fused-ring (bicyclic) bond motifs is 2. The van der Waals surface area contributed by atoms with Crippen LogP contribution in [0.15, 0.2) is 23.8 Å². The van der Waals surface area contributed by atoms with Crippen LogP contribution in [0.3, 0.4) is 0 Å². The van der Waals surface area contributed by atoms with E-state index in [1.807, 2.05) is 0 Å². The van der Waals surface area contributed by atoms with Crippen molar-refractivity contribution in [3.63, 3.8) is 0 Å². The predicted octanol–water partition coefficient (Wildman–Crippen LogP) is 4.09. The molecule has 3 unspecified atom stereocenters. The molecule has 0 aliphatic heterocycles. The van der Waals surface area contributed by atoms with Crippen molar-refractivity contribution in [2.24, 2.45) is 17.8 Å². The summed E-state index contributed by atoms with van der Waals surface area (Å²) in [5.74, 6) is 2.91. The maximum Gasteiger partial charge on any atom is -0.0196 e. The van der Waals surface area contributed by atoms with Crippen molar-refractivity contribution in [1.29, 1.82) is 0 Å². The highest BCUT2D eigenvalue weighted by Crippen LogP contribution is 2.46. The summed E-state index contributed by atoms with van der Waals surface area (Å²) in [5, 5.41) is 0. The Kier molecular flexibility index (Phi) is 2.23. The highest BCUT2D eigenvalue weighted by atomic mass is 14.4. The number of hydrogen-bond donors (Lipinski definition) is 0. The largest absolute Gasteiger partial charge is 0.0853 e. The fourth-order valence-electron chi connectivity index (χ4n) is 3.56. The standard InChI is InChI=1S/C14H20/c1-2-4-11(5-3-1)8-14-10-12-6-7-13(14)9-12/h4,6-7,12-14H,1-3,5,8-10H2. The molecule has 0 N–H and O–H groups in total. The van der Waals surface area contributed by atoms with Gasteiger partial charge in [0, 0.05) is 0 Å². The smallest absolute Gasteiger partial charge is 0.0196 e. The molecule has 2 bridgehead atoms. The van der Waals surface area contributed by atoms with Crippen molar-refractivity contribution in [3.05, 3.63) is 23.8 Å². The van der Waals surface area contributed by atoms with Crippen LogP contribution in [-0.4, -0.2) is 0 Å². The molecule has 1 fully saturated rings. The van der Waals surface area contributed by atoms with E-state index in [0.29, 0.717) is 0 Å². The van der Waals surface area contributed by atoms with Gasteiger partial charge in [0.15, 0.2) is 0 Å². The first-order valence-corrected chi connectivity index (χ1v) is 6.28. The molecule has 0 aromatic rings. The molecule has 0 aromatic heterocycles. The summed E-state index contributed by atoms with van der Waals surface area (Å²) in [4.78, 5) is 0. The molecule has 0 saturated heterocycles. The fraction of sp³-hybridized carbons (Fsp3) is 0.714. The Morgan fingerprint density at radius 1 is 1.14 bits per heavy atom. The van der Waals surface area contributed by atoms with Gasteiger partial charge in [0.25, 0.3) is 0 Å². The third kappa shape index (κ3) is 1.55. The molecule has 3 aliphatic rings. The molecule has 0 heterocycles. The molecular weight excluding hydrogens is 168 g/mol. The lowest BCUT2D eigenvalue weighted by Crippen LogP contribution is -2.09. The summed E-state index contributed by atoms with van der Waals surface area (Å²) >= 11 is 0. The zero-order valence-electron chi connectivity index (χ0n) is 8.91. The minimum atomic E-state index is 0.947. The Balaban J connectivity index is 1.62. The van der Waals surface area contributed by atoms with Crippen LogP contribution in [0.2, 0.25) is 0 Å². The summed E-state index contributed by atoms with van der Waals surface area (Å²) in [6, 6.07) is 0. The van der Waals surface area contributed by atoms with Gasteiger partial charge in [-0.2, -0.15) is 0 Å². The third-order valence-corrected chi connectivity index (χ3v) is 4.33. The van der Waals surface area contributed by atoms with Crippen molar-refractivity contribution < 1.29 is 0 Å². The predicted molar refractivity (Wildman–Crippen MR) is 60.0 cm³/mol. The van der Waals surface area contributed by atoms with E-state index < -0.39 is 0 Å². The van der Waals surface area contributed by atoms with E-state index in [2.05, 4.69) is 18.2 Å². The fourth-order valence-corrected chi connectivity index (χ4v) is 3.56. The highest BCUT2D eigenvalue weighted by Gasteiger charge is 2.35. The summed E-state index contributed by atoms with van der Waals surface area (Å²) in [6.45, 7) is 0. The summed E-state index contributed by atoms with van der Waals surface area (Å²) in [7, 11) is 0. The van der Waals surface area contributed by atoms with E-state index in [1.54, 1.807) is 5.57 Å². The van der Waals surface area contributed by atoms with Gasteiger partial charge in [-0.15, -0.1) is 0 Å². The molecule has 0 nitrogen and oxygen atoms in total. The second-order valence-corrected chi connectivity index (χ2v) is 5.35. The number of hydrogen-bond acceptors (Lipinski definition) is 0. The van der Waals surface area contributed by atoms with E-state index >= 15 is 0 Å².